The maximum Gasteiger partial charge on any atom is 0.0481 e. The number of rotatable bonds is 4. The lowest BCUT2D eigenvalue weighted by Crippen LogP contribution is -2.17. The molecule has 82 valence electrons. The summed E-state index contributed by atoms with van der Waals surface area (Å²) in [5, 5.41) is 18.6. The Morgan fingerprint density at radius 2 is 2.00 bits per heavy atom. The molecule has 1 aliphatic rings. The molecule has 0 radical (unpaired) electrons. The highest BCUT2D eigenvalue weighted by molar-refractivity contribution is 8.00. The van der Waals surface area contributed by atoms with Crippen molar-refractivity contribution in [2.45, 2.75) is 23.0 Å². The Kier molecular flexibility index (Phi) is 3.67. The average Bonchev–Trinajstić information content (AvgIpc) is 2.68. The maximum absolute atomic E-state index is 9.03. The predicted molar refractivity (Wildman–Crippen MR) is 62.1 cm³/mol. The second kappa shape index (κ2) is 5.01. The fraction of sp³-hybridized carbons (Fsp3) is 0.500. The van der Waals surface area contributed by atoms with Gasteiger partial charge in [-0.3, -0.25) is 0 Å². The van der Waals surface area contributed by atoms with E-state index in [-0.39, 0.29) is 19.1 Å². The Balaban J connectivity index is 1.95. The summed E-state index contributed by atoms with van der Waals surface area (Å²) in [5.41, 5.74) is 1.40. The summed E-state index contributed by atoms with van der Waals surface area (Å²) in [6.45, 7) is 0.174. The zero-order valence-corrected chi connectivity index (χ0v) is 9.41. The van der Waals surface area contributed by atoms with Crippen molar-refractivity contribution in [3.05, 3.63) is 29.8 Å². The Hall–Kier alpha value is -0.510. The zero-order chi connectivity index (χ0) is 10.7. The monoisotopic (exact) mass is 224 g/mol. The van der Waals surface area contributed by atoms with Gasteiger partial charge in [-0.2, -0.15) is 0 Å². The minimum Gasteiger partial charge on any atom is -0.396 e. The van der Waals surface area contributed by atoms with Gasteiger partial charge >= 0.3 is 0 Å². The van der Waals surface area contributed by atoms with Gasteiger partial charge in [0.15, 0.2) is 0 Å². The van der Waals surface area contributed by atoms with Crippen molar-refractivity contribution >= 4 is 11.8 Å². The highest BCUT2D eigenvalue weighted by Gasteiger charge is 2.24. The van der Waals surface area contributed by atoms with Gasteiger partial charge in [0.05, 0.1) is 0 Å². The molecule has 2 nitrogen and oxygen atoms in total. The van der Waals surface area contributed by atoms with E-state index in [2.05, 4.69) is 24.3 Å². The van der Waals surface area contributed by atoms with Crippen molar-refractivity contribution in [2.24, 2.45) is 5.92 Å². The van der Waals surface area contributed by atoms with E-state index >= 15 is 0 Å². The Morgan fingerprint density at radius 1 is 1.27 bits per heavy atom. The van der Waals surface area contributed by atoms with E-state index in [0.29, 0.717) is 5.25 Å². The summed E-state index contributed by atoms with van der Waals surface area (Å²) in [4.78, 5) is 1.36. The second-order valence-electron chi connectivity index (χ2n) is 4.02. The van der Waals surface area contributed by atoms with Crippen LogP contribution in [0.25, 0.3) is 0 Å². The van der Waals surface area contributed by atoms with Gasteiger partial charge < -0.3 is 10.2 Å². The lowest BCUT2D eigenvalue weighted by molar-refractivity contribution is 0.143. The summed E-state index contributed by atoms with van der Waals surface area (Å²) in [5.74, 6) is 0.0387. The van der Waals surface area contributed by atoms with Crippen molar-refractivity contribution in [2.75, 3.05) is 13.2 Å². The van der Waals surface area contributed by atoms with Crippen LogP contribution in [0.1, 0.15) is 12.0 Å². The first-order chi connectivity index (χ1) is 7.33. The standard InChI is InChI=1S/C12H16O2S/c13-7-9(8-14)5-11-6-10-3-1-2-4-12(10)15-11/h1-4,9,11,13-14H,5-8H2. The van der Waals surface area contributed by atoms with Crippen LogP contribution in [0.15, 0.2) is 29.2 Å². The summed E-state index contributed by atoms with van der Waals surface area (Å²) in [6.07, 6.45) is 1.96. The number of hydrogen-bond donors (Lipinski definition) is 2. The molecule has 0 amide bonds. The van der Waals surface area contributed by atoms with Crippen molar-refractivity contribution in [3.63, 3.8) is 0 Å². The third-order valence-corrected chi connectivity index (χ3v) is 4.17. The summed E-state index contributed by atoms with van der Waals surface area (Å²) in [6, 6.07) is 8.43. The molecule has 2 N–H and O–H groups in total. The minimum atomic E-state index is 0.0387. The van der Waals surface area contributed by atoms with Gasteiger partial charge in [-0.05, 0) is 24.5 Å². The molecule has 3 heteroatoms. The molecule has 1 unspecified atom stereocenters. The number of aliphatic hydroxyl groups excluding tert-OH is 2. The van der Waals surface area contributed by atoms with Crippen LogP contribution in [0, 0.1) is 5.92 Å². The van der Waals surface area contributed by atoms with Crippen molar-refractivity contribution in [3.8, 4) is 0 Å². The summed E-state index contributed by atoms with van der Waals surface area (Å²) in [7, 11) is 0. The Labute approximate surface area is 94.3 Å². The highest BCUT2D eigenvalue weighted by Crippen LogP contribution is 2.39. The lowest BCUT2D eigenvalue weighted by atomic mass is 10.0. The van der Waals surface area contributed by atoms with Gasteiger partial charge in [0.1, 0.15) is 0 Å². The third-order valence-electron chi connectivity index (χ3n) is 2.83. The van der Waals surface area contributed by atoms with Crippen molar-refractivity contribution < 1.29 is 10.2 Å². The molecular formula is C12H16O2S. The van der Waals surface area contributed by atoms with E-state index in [1.165, 1.54) is 10.5 Å². The van der Waals surface area contributed by atoms with Gasteiger partial charge in [-0.25, -0.2) is 0 Å². The topological polar surface area (TPSA) is 40.5 Å². The molecule has 0 fully saturated rings. The van der Waals surface area contributed by atoms with E-state index in [1.54, 1.807) is 0 Å². The molecule has 0 bridgehead atoms. The molecular weight excluding hydrogens is 208 g/mol. The van der Waals surface area contributed by atoms with E-state index in [4.69, 9.17) is 10.2 Å². The van der Waals surface area contributed by atoms with Crippen LogP contribution in [0.3, 0.4) is 0 Å². The number of thioether (sulfide) groups is 1. The third kappa shape index (κ3) is 2.54. The molecule has 0 spiro atoms. The van der Waals surface area contributed by atoms with Gasteiger partial charge in [0.25, 0.3) is 0 Å². The average molecular weight is 224 g/mol. The van der Waals surface area contributed by atoms with E-state index < -0.39 is 0 Å². The SMILES string of the molecule is OCC(CO)CC1Cc2ccccc2S1. The molecule has 15 heavy (non-hydrogen) atoms. The first kappa shape index (κ1) is 11.0. The molecule has 0 aromatic heterocycles. The number of hydrogen-bond acceptors (Lipinski definition) is 3. The minimum absolute atomic E-state index is 0.0387. The van der Waals surface area contributed by atoms with Crippen LogP contribution in [0.4, 0.5) is 0 Å². The van der Waals surface area contributed by atoms with E-state index in [1.807, 2.05) is 11.8 Å². The molecule has 2 rings (SSSR count). The molecule has 0 aliphatic carbocycles. The molecule has 1 aromatic carbocycles. The first-order valence-corrected chi connectivity index (χ1v) is 6.17. The smallest absolute Gasteiger partial charge is 0.0481 e. The van der Waals surface area contributed by atoms with Gasteiger partial charge in [-0.15, -0.1) is 11.8 Å². The summed E-state index contributed by atoms with van der Waals surface area (Å²) < 4.78 is 0. The molecule has 0 saturated heterocycles. The van der Waals surface area contributed by atoms with Crippen LogP contribution in [-0.4, -0.2) is 28.7 Å². The molecule has 1 aromatic rings. The fourth-order valence-electron chi connectivity index (χ4n) is 1.96. The van der Waals surface area contributed by atoms with Gasteiger partial charge in [0, 0.05) is 29.3 Å². The zero-order valence-electron chi connectivity index (χ0n) is 8.60. The van der Waals surface area contributed by atoms with Crippen molar-refractivity contribution in [1.82, 2.24) is 0 Å². The normalized spacial score (nSPS) is 19.5. The number of benzene rings is 1. The van der Waals surface area contributed by atoms with E-state index in [9.17, 15) is 0 Å². The van der Waals surface area contributed by atoms with Crippen LogP contribution >= 0.6 is 11.8 Å². The number of fused-ring (bicyclic) bond motifs is 1. The molecule has 1 heterocycles. The second-order valence-corrected chi connectivity index (χ2v) is 5.36. The fourth-order valence-corrected chi connectivity index (χ4v) is 3.41. The summed E-state index contributed by atoms with van der Waals surface area (Å²) >= 11 is 1.87. The van der Waals surface area contributed by atoms with E-state index in [0.717, 1.165) is 12.8 Å². The largest absolute Gasteiger partial charge is 0.396 e. The first-order valence-electron chi connectivity index (χ1n) is 5.29. The predicted octanol–water partition coefficient (Wildman–Crippen LogP) is 1.69. The van der Waals surface area contributed by atoms with Gasteiger partial charge in [-0.1, -0.05) is 18.2 Å². The lowest BCUT2D eigenvalue weighted by Gasteiger charge is -2.14. The highest BCUT2D eigenvalue weighted by atomic mass is 32.2. The Bertz CT molecular complexity index is 298. The molecule has 0 saturated carbocycles. The van der Waals surface area contributed by atoms with Crippen LogP contribution < -0.4 is 0 Å². The van der Waals surface area contributed by atoms with Crippen LogP contribution in [0.2, 0.25) is 0 Å². The van der Waals surface area contributed by atoms with Crippen LogP contribution in [-0.2, 0) is 6.42 Å². The van der Waals surface area contributed by atoms with Crippen LogP contribution in [0.5, 0.6) is 0 Å². The van der Waals surface area contributed by atoms with Gasteiger partial charge in [0.2, 0.25) is 0 Å². The Morgan fingerprint density at radius 3 is 2.67 bits per heavy atom. The number of aliphatic hydroxyl groups is 2. The maximum atomic E-state index is 9.03. The van der Waals surface area contributed by atoms with Crippen molar-refractivity contribution in [1.29, 1.82) is 0 Å². The molecule has 1 atom stereocenters. The quantitative estimate of drug-likeness (QED) is 0.817. The molecule has 1 aliphatic heterocycles.